The van der Waals surface area contributed by atoms with Crippen molar-refractivity contribution in [1.29, 1.82) is 0 Å². The summed E-state index contributed by atoms with van der Waals surface area (Å²) in [6.45, 7) is 2.57. The summed E-state index contributed by atoms with van der Waals surface area (Å²) >= 11 is 0. The van der Waals surface area contributed by atoms with Crippen LogP contribution in [-0.4, -0.2) is 17.6 Å². The number of aryl methyl sites for hydroxylation is 1. The highest BCUT2D eigenvalue weighted by Crippen LogP contribution is 2.17. The maximum Gasteiger partial charge on any atom is 0.337 e. The van der Waals surface area contributed by atoms with Crippen molar-refractivity contribution in [3.05, 3.63) is 53.5 Å². The zero-order valence-electron chi connectivity index (χ0n) is 10.1. The van der Waals surface area contributed by atoms with E-state index in [1.165, 1.54) is 0 Å². The molecule has 2 rings (SSSR count). The number of carboxylic acid groups (broad SMARTS) is 1. The number of carboxylic acids is 1. The van der Waals surface area contributed by atoms with Crippen molar-refractivity contribution >= 4 is 11.7 Å². The van der Waals surface area contributed by atoms with Crippen LogP contribution in [0.25, 0.3) is 0 Å². The van der Waals surface area contributed by atoms with Gasteiger partial charge in [0, 0.05) is 18.7 Å². The second-order valence-corrected chi connectivity index (χ2v) is 4.11. The first-order valence-electron chi connectivity index (χ1n) is 5.77. The van der Waals surface area contributed by atoms with Gasteiger partial charge in [-0.2, -0.15) is 0 Å². The zero-order valence-corrected chi connectivity index (χ0v) is 10.1. The van der Waals surface area contributed by atoms with Crippen molar-refractivity contribution in [2.75, 3.05) is 11.9 Å². The molecule has 0 saturated carbocycles. The molecule has 0 amide bonds. The first-order valence-corrected chi connectivity index (χ1v) is 5.77. The van der Waals surface area contributed by atoms with E-state index in [1.807, 2.05) is 25.1 Å². The smallest absolute Gasteiger partial charge is 0.337 e. The van der Waals surface area contributed by atoms with Crippen LogP contribution in [0.5, 0.6) is 0 Å². The van der Waals surface area contributed by atoms with E-state index in [2.05, 4.69) is 5.32 Å². The molecule has 0 unspecified atom stereocenters. The summed E-state index contributed by atoms with van der Waals surface area (Å²) < 4.78 is 5.22. The van der Waals surface area contributed by atoms with Gasteiger partial charge in [0.05, 0.1) is 11.8 Å². The van der Waals surface area contributed by atoms with Crippen molar-refractivity contribution < 1.29 is 14.3 Å². The molecular weight excluding hydrogens is 230 g/mol. The Morgan fingerprint density at radius 3 is 2.89 bits per heavy atom. The third-order valence-electron chi connectivity index (χ3n) is 2.67. The first kappa shape index (κ1) is 12.2. The molecule has 0 bridgehead atoms. The van der Waals surface area contributed by atoms with Crippen molar-refractivity contribution in [2.24, 2.45) is 0 Å². The van der Waals surface area contributed by atoms with Crippen molar-refractivity contribution in [1.82, 2.24) is 0 Å². The lowest BCUT2D eigenvalue weighted by atomic mass is 10.1. The average Bonchev–Trinajstić information content (AvgIpc) is 2.82. The fourth-order valence-corrected chi connectivity index (χ4v) is 1.77. The van der Waals surface area contributed by atoms with E-state index in [4.69, 9.17) is 9.52 Å². The number of anilines is 1. The molecule has 1 heterocycles. The topological polar surface area (TPSA) is 62.5 Å². The Bertz CT molecular complexity index is 532. The second kappa shape index (κ2) is 5.40. The number of hydrogen-bond donors (Lipinski definition) is 2. The molecule has 94 valence electrons. The Hall–Kier alpha value is -2.23. The van der Waals surface area contributed by atoms with Gasteiger partial charge in [0.2, 0.25) is 0 Å². The molecule has 0 saturated heterocycles. The second-order valence-electron chi connectivity index (χ2n) is 4.11. The minimum absolute atomic E-state index is 0.292. The molecule has 2 N–H and O–H groups in total. The van der Waals surface area contributed by atoms with Crippen LogP contribution in [0.3, 0.4) is 0 Å². The van der Waals surface area contributed by atoms with E-state index < -0.39 is 5.97 Å². The van der Waals surface area contributed by atoms with E-state index in [0.29, 0.717) is 17.8 Å². The molecule has 0 aliphatic heterocycles. The van der Waals surface area contributed by atoms with Crippen LogP contribution >= 0.6 is 0 Å². The van der Waals surface area contributed by atoms with Gasteiger partial charge < -0.3 is 14.8 Å². The number of rotatable bonds is 5. The predicted molar refractivity (Wildman–Crippen MR) is 69.0 cm³/mol. The van der Waals surface area contributed by atoms with Gasteiger partial charge in [-0.05, 0) is 36.8 Å². The van der Waals surface area contributed by atoms with Gasteiger partial charge in [0.25, 0.3) is 0 Å². The Morgan fingerprint density at radius 1 is 1.39 bits per heavy atom. The molecule has 18 heavy (non-hydrogen) atoms. The van der Waals surface area contributed by atoms with Gasteiger partial charge in [-0.15, -0.1) is 0 Å². The van der Waals surface area contributed by atoms with Gasteiger partial charge >= 0.3 is 5.97 Å². The summed E-state index contributed by atoms with van der Waals surface area (Å²) in [6, 6.07) is 8.99. The SMILES string of the molecule is Cc1ccc(C(=O)O)c(NCCc2ccco2)c1. The molecule has 1 aromatic heterocycles. The third kappa shape index (κ3) is 2.91. The molecule has 2 aromatic rings. The maximum absolute atomic E-state index is 11.1. The fourth-order valence-electron chi connectivity index (χ4n) is 1.77. The molecule has 1 aromatic carbocycles. The maximum atomic E-state index is 11.1. The highest BCUT2D eigenvalue weighted by molar-refractivity contribution is 5.94. The van der Waals surface area contributed by atoms with Crippen LogP contribution in [0.1, 0.15) is 21.7 Å². The number of carbonyl (C=O) groups is 1. The minimum Gasteiger partial charge on any atom is -0.478 e. The summed E-state index contributed by atoms with van der Waals surface area (Å²) in [7, 11) is 0. The van der Waals surface area contributed by atoms with Crippen LogP contribution in [0.4, 0.5) is 5.69 Å². The fraction of sp³-hybridized carbons (Fsp3) is 0.214. The molecule has 4 nitrogen and oxygen atoms in total. The summed E-state index contributed by atoms with van der Waals surface area (Å²) in [6.07, 6.45) is 2.35. The quantitative estimate of drug-likeness (QED) is 0.850. The van der Waals surface area contributed by atoms with Crippen LogP contribution in [0.15, 0.2) is 41.0 Å². The normalized spacial score (nSPS) is 10.3. The van der Waals surface area contributed by atoms with Crippen LogP contribution in [0, 0.1) is 6.92 Å². The number of nitrogens with one attached hydrogen (secondary N) is 1. The largest absolute Gasteiger partial charge is 0.478 e. The predicted octanol–water partition coefficient (Wildman–Crippen LogP) is 2.94. The number of benzene rings is 1. The monoisotopic (exact) mass is 245 g/mol. The van der Waals surface area contributed by atoms with Crippen molar-refractivity contribution in [3.8, 4) is 0 Å². The van der Waals surface area contributed by atoms with E-state index >= 15 is 0 Å². The summed E-state index contributed by atoms with van der Waals surface area (Å²) in [5, 5.41) is 12.2. The Balaban J connectivity index is 2.03. The number of furan rings is 1. The summed E-state index contributed by atoms with van der Waals surface area (Å²) in [5.41, 5.74) is 1.97. The first-order chi connectivity index (χ1) is 8.66. The van der Waals surface area contributed by atoms with Gasteiger partial charge in [-0.25, -0.2) is 4.79 Å². The van der Waals surface area contributed by atoms with E-state index in [1.54, 1.807) is 18.4 Å². The number of aromatic carboxylic acids is 1. The van der Waals surface area contributed by atoms with Gasteiger partial charge in [0.15, 0.2) is 0 Å². The lowest BCUT2D eigenvalue weighted by Crippen LogP contribution is -2.09. The molecule has 4 heteroatoms. The van der Waals surface area contributed by atoms with Crippen molar-refractivity contribution in [3.63, 3.8) is 0 Å². The lowest BCUT2D eigenvalue weighted by molar-refractivity contribution is 0.0698. The highest BCUT2D eigenvalue weighted by Gasteiger charge is 2.09. The lowest BCUT2D eigenvalue weighted by Gasteiger charge is -2.09. The molecule has 0 spiro atoms. The third-order valence-corrected chi connectivity index (χ3v) is 2.67. The number of hydrogen-bond acceptors (Lipinski definition) is 3. The molecule has 0 fully saturated rings. The Morgan fingerprint density at radius 2 is 2.22 bits per heavy atom. The molecular formula is C14H15NO3. The summed E-state index contributed by atoms with van der Waals surface area (Å²) in [4.78, 5) is 11.1. The van der Waals surface area contributed by atoms with Gasteiger partial charge in [-0.3, -0.25) is 0 Å². The molecule has 0 aliphatic carbocycles. The van der Waals surface area contributed by atoms with Crippen molar-refractivity contribution in [2.45, 2.75) is 13.3 Å². The summed E-state index contributed by atoms with van der Waals surface area (Å²) in [5.74, 6) is -0.0393. The standard InChI is InChI=1S/C14H15NO3/c1-10-4-5-12(14(16)17)13(9-10)15-7-6-11-3-2-8-18-11/h2-5,8-9,15H,6-7H2,1H3,(H,16,17). The van der Waals surface area contributed by atoms with Gasteiger partial charge in [0.1, 0.15) is 5.76 Å². The van der Waals surface area contributed by atoms with Crippen LogP contribution in [-0.2, 0) is 6.42 Å². The van der Waals surface area contributed by atoms with E-state index in [0.717, 1.165) is 17.7 Å². The average molecular weight is 245 g/mol. The zero-order chi connectivity index (χ0) is 13.0. The van der Waals surface area contributed by atoms with Crippen LogP contribution < -0.4 is 5.32 Å². The highest BCUT2D eigenvalue weighted by atomic mass is 16.4. The Kier molecular flexibility index (Phi) is 3.67. The molecule has 0 radical (unpaired) electrons. The molecule has 0 atom stereocenters. The molecule has 0 aliphatic rings. The van der Waals surface area contributed by atoms with Gasteiger partial charge in [-0.1, -0.05) is 6.07 Å². The van der Waals surface area contributed by atoms with E-state index in [9.17, 15) is 4.79 Å². The Labute approximate surface area is 105 Å². The van der Waals surface area contributed by atoms with Crippen LogP contribution in [0.2, 0.25) is 0 Å². The van der Waals surface area contributed by atoms with E-state index in [-0.39, 0.29) is 0 Å². The minimum atomic E-state index is -0.921.